The number of hydrogen-bond donors (Lipinski definition) is 1. The first-order valence-corrected chi connectivity index (χ1v) is 4.19. The summed E-state index contributed by atoms with van der Waals surface area (Å²) in [5.41, 5.74) is 0. The van der Waals surface area contributed by atoms with Crippen molar-refractivity contribution >= 4 is 11.6 Å². The third-order valence-electron chi connectivity index (χ3n) is 1.89. The number of carbonyl (C=O) groups excluding carboxylic acids is 2. The highest BCUT2D eigenvalue weighted by Gasteiger charge is 2.17. The molecule has 0 heterocycles. The van der Waals surface area contributed by atoms with Crippen molar-refractivity contribution < 1.29 is 9.59 Å². The predicted molar refractivity (Wildman–Crippen MR) is 48.0 cm³/mol. The summed E-state index contributed by atoms with van der Waals surface area (Å²) < 4.78 is 0. The average molecular weight is 171 g/mol. The number of likely N-dealkylation sites (N-methyl/N-ethyl adjacent to an activating group) is 1. The second kappa shape index (κ2) is 5.04. The molecule has 0 rings (SSSR count). The smallest absolute Gasteiger partial charge is 0.147 e. The van der Waals surface area contributed by atoms with Crippen LogP contribution in [-0.2, 0) is 9.59 Å². The van der Waals surface area contributed by atoms with E-state index in [1.165, 1.54) is 6.92 Å². The van der Waals surface area contributed by atoms with Crippen molar-refractivity contribution in [3.8, 4) is 0 Å². The van der Waals surface area contributed by atoms with Crippen molar-refractivity contribution in [3.63, 3.8) is 0 Å². The Morgan fingerprint density at radius 1 is 1.33 bits per heavy atom. The average Bonchev–Trinajstić information content (AvgIpc) is 1.98. The summed E-state index contributed by atoms with van der Waals surface area (Å²) in [4.78, 5) is 22.1. The topological polar surface area (TPSA) is 46.2 Å². The van der Waals surface area contributed by atoms with Gasteiger partial charge in [0.1, 0.15) is 11.6 Å². The van der Waals surface area contributed by atoms with Gasteiger partial charge < -0.3 is 5.32 Å². The van der Waals surface area contributed by atoms with E-state index in [4.69, 9.17) is 0 Å². The first-order valence-electron chi connectivity index (χ1n) is 4.19. The van der Waals surface area contributed by atoms with Crippen LogP contribution < -0.4 is 5.32 Å². The number of nitrogens with one attached hydrogen (secondary N) is 1. The maximum absolute atomic E-state index is 11.2. The van der Waals surface area contributed by atoms with Gasteiger partial charge in [-0.3, -0.25) is 9.59 Å². The summed E-state index contributed by atoms with van der Waals surface area (Å²) >= 11 is 0. The van der Waals surface area contributed by atoms with Gasteiger partial charge in [0.15, 0.2) is 0 Å². The lowest BCUT2D eigenvalue weighted by Gasteiger charge is -2.12. The summed E-state index contributed by atoms with van der Waals surface area (Å²) in [5, 5.41) is 2.82. The Hall–Kier alpha value is -0.700. The van der Waals surface area contributed by atoms with Crippen LogP contribution in [0.25, 0.3) is 0 Å². The maximum atomic E-state index is 11.2. The highest BCUT2D eigenvalue weighted by molar-refractivity contribution is 5.89. The summed E-state index contributed by atoms with van der Waals surface area (Å²) in [6.45, 7) is 5.18. The van der Waals surface area contributed by atoms with E-state index >= 15 is 0 Å². The van der Waals surface area contributed by atoms with Crippen molar-refractivity contribution in [2.24, 2.45) is 5.92 Å². The van der Waals surface area contributed by atoms with Crippen LogP contribution in [-0.4, -0.2) is 24.7 Å². The van der Waals surface area contributed by atoms with Crippen LogP contribution in [0.3, 0.4) is 0 Å². The third-order valence-corrected chi connectivity index (χ3v) is 1.89. The van der Waals surface area contributed by atoms with Crippen LogP contribution in [0.4, 0.5) is 0 Å². The largest absolute Gasteiger partial charge is 0.310 e. The Balaban J connectivity index is 4.03. The Morgan fingerprint density at radius 2 is 1.83 bits per heavy atom. The lowest BCUT2D eigenvalue weighted by molar-refractivity contribution is -0.126. The summed E-state index contributed by atoms with van der Waals surface area (Å²) in [5.74, 6) is 0.163. The van der Waals surface area contributed by atoms with Crippen LogP contribution in [0.15, 0.2) is 0 Å². The minimum absolute atomic E-state index is 0.0141. The normalized spacial score (nSPS) is 13.1. The van der Waals surface area contributed by atoms with Gasteiger partial charge in [0.25, 0.3) is 0 Å². The van der Waals surface area contributed by atoms with Gasteiger partial charge in [0.05, 0.1) is 6.04 Å². The molecule has 0 aromatic rings. The van der Waals surface area contributed by atoms with E-state index in [1.807, 2.05) is 13.8 Å². The van der Waals surface area contributed by atoms with Crippen LogP contribution in [0.5, 0.6) is 0 Å². The Bertz CT molecular complexity index is 175. The second-order valence-electron chi connectivity index (χ2n) is 3.28. The van der Waals surface area contributed by atoms with E-state index in [1.54, 1.807) is 7.05 Å². The Labute approximate surface area is 73.5 Å². The molecule has 0 aliphatic rings. The highest BCUT2D eigenvalue weighted by atomic mass is 16.1. The molecule has 0 amide bonds. The number of hydrogen-bond acceptors (Lipinski definition) is 3. The molecule has 0 spiro atoms. The molecule has 0 saturated heterocycles. The summed E-state index contributed by atoms with van der Waals surface area (Å²) in [6, 6.07) is -0.306. The van der Waals surface area contributed by atoms with Gasteiger partial charge in [0.2, 0.25) is 0 Å². The molecule has 0 aromatic carbocycles. The van der Waals surface area contributed by atoms with Crippen LogP contribution >= 0.6 is 0 Å². The van der Waals surface area contributed by atoms with Gasteiger partial charge in [-0.2, -0.15) is 0 Å². The van der Waals surface area contributed by atoms with Crippen molar-refractivity contribution in [2.45, 2.75) is 33.2 Å². The third kappa shape index (κ3) is 3.62. The van der Waals surface area contributed by atoms with Crippen molar-refractivity contribution in [1.29, 1.82) is 0 Å². The van der Waals surface area contributed by atoms with Crippen LogP contribution in [0, 0.1) is 5.92 Å². The molecular weight excluding hydrogens is 154 g/mol. The number of ketones is 2. The van der Waals surface area contributed by atoms with Crippen molar-refractivity contribution in [1.82, 2.24) is 5.32 Å². The SMILES string of the molecule is CNC(CC(=O)C(C)C)C(C)=O. The molecule has 1 atom stereocenters. The molecule has 1 N–H and O–H groups in total. The number of rotatable bonds is 5. The van der Waals surface area contributed by atoms with Gasteiger partial charge in [-0.05, 0) is 14.0 Å². The fraction of sp³-hybridized carbons (Fsp3) is 0.778. The minimum Gasteiger partial charge on any atom is -0.310 e. The Morgan fingerprint density at radius 3 is 2.08 bits per heavy atom. The van der Waals surface area contributed by atoms with Crippen LogP contribution in [0.2, 0.25) is 0 Å². The van der Waals surface area contributed by atoms with Crippen molar-refractivity contribution in [2.75, 3.05) is 7.05 Å². The first-order chi connectivity index (χ1) is 5.49. The molecule has 70 valence electrons. The highest BCUT2D eigenvalue weighted by Crippen LogP contribution is 2.02. The minimum atomic E-state index is -0.306. The molecule has 3 nitrogen and oxygen atoms in total. The lowest BCUT2D eigenvalue weighted by atomic mass is 10.00. The molecule has 0 saturated carbocycles. The molecule has 0 bridgehead atoms. The van der Waals surface area contributed by atoms with E-state index in [-0.39, 0.29) is 23.5 Å². The number of Topliss-reactive ketones (excluding diaryl/α,β-unsaturated/α-hetero) is 2. The molecule has 0 aliphatic carbocycles. The molecule has 1 unspecified atom stereocenters. The monoisotopic (exact) mass is 171 g/mol. The Kier molecular flexibility index (Phi) is 4.74. The quantitative estimate of drug-likeness (QED) is 0.665. The van der Waals surface area contributed by atoms with Crippen molar-refractivity contribution in [3.05, 3.63) is 0 Å². The van der Waals surface area contributed by atoms with Gasteiger partial charge in [-0.1, -0.05) is 13.8 Å². The molecule has 0 aromatic heterocycles. The summed E-state index contributed by atoms with van der Waals surface area (Å²) in [6.07, 6.45) is 0.309. The van der Waals surface area contributed by atoms with Gasteiger partial charge in [-0.25, -0.2) is 0 Å². The fourth-order valence-electron chi connectivity index (χ4n) is 0.886. The fourth-order valence-corrected chi connectivity index (χ4v) is 0.886. The molecular formula is C9H17NO2. The molecule has 0 aliphatic heterocycles. The zero-order valence-electron chi connectivity index (χ0n) is 8.18. The van der Waals surface area contributed by atoms with E-state index in [9.17, 15) is 9.59 Å². The molecule has 12 heavy (non-hydrogen) atoms. The van der Waals surface area contributed by atoms with Gasteiger partial charge in [-0.15, -0.1) is 0 Å². The first kappa shape index (κ1) is 11.3. The molecule has 0 fully saturated rings. The summed E-state index contributed by atoms with van der Waals surface area (Å²) in [7, 11) is 1.69. The standard InChI is InChI=1S/C9H17NO2/c1-6(2)9(12)5-8(10-4)7(3)11/h6,8,10H,5H2,1-4H3. The lowest BCUT2D eigenvalue weighted by Crippen LogP contribution is -2.35. The van der Waals surface area contributed by atoms with Gasteiger partial charge >= 0.3 is 0 Å². The second-order valence-corrected chi connectivity index (χ2v) is 3.28. The van der Waals surface area contributed by atoms with Gasteiger partial charge in [0, 0.05) is 12.3 Å². The van der Waals surface area contributed by atoms with E-state index in [0.29, 0.717) is 6.42 Å². The molecule has 3 heteroatoms. The van der Waals surface area contributed by atoms with E-state index in [2.05, 4.69) is 5.32 Å². The maximum Gasteiger partial charge on any atom is 0.147 e. The van der Waals surface area contributed by atoms with Crippen LogP contribution in [0.1, 0.15) is 27.2 Å². The molecule has 0 radical (unpaired) electrons. The van der Waals surface area contributed by atoms with E-state index < -0.39 is 0 Å². The van der Waals surface area contributed by atoms with E-state index in [0.717, 1.165) is 0 Å². The zero-order valence-corrected chi connectivity index (χ0v) is 8.18. The number of carbonyl (C=O) groups is 2. The predicted octanol–water partition coefficient (Wildman–Crippen LogP) is 0.779. The zero-order chi connectivity index (χ0) is 9.72.